The Kier molecular flexibility index (Phi) is 14.8. The van der Waals surface area contributed by atoms with E-state index in [0.29, 0.717) is 25.1 Å². The first-order valence-corrected chi connectivity index (χ1v) is 10.9. The zero-order valence-corrected chi connectivity index (χ0v) is 17.8. The lowest BCUT2D eigenvalue weighted by atomic mass is 10.1. The van der Waals surface area contributed by atoms with Gasteiger partial charge in [-0.2, -0.15) is 11.8 Å². The van der Waals surface area contributed by atoms with Gasteiger partial charge in [0.1, 0.15) is 24.2 Å². The van der Waals surface area contributed by atoms with E-state index >= 15 is 0 Å². The summed E-state index contributed by atoms with van der Waals surface area (Å²) in [5.41, 5.74) is 10.9. The third-order valence-electron chi connectivity index (χ3n) is 4.15. The Hall–Kier alpha value is -1.93. The molecular weight excluding hydrogens is 418 g/mol. The summed E-state index contributed by atoms with van der Waals surface area (Å²) in [6.45, 7) is -1.00. The van der Waals surface area contributed by atoms with Crippen molar-refractivity contribution in [2.45, 2.75) is 49.9 Å². The molecule has 174 valence electrons. The van der Waals surface area contributed by atoms with E-state index in [1.807, 2.05) is 0 Å². The van der Waals surface area contributed by atoms with Crippen LogP contribution in [-0.4, -0.2) is 94.9 Å². The maximum absolute atomic E-state index is 12.6. The average Bonchev–Trinajstić information content (AvgIpc) is 2.72. The summed E-state index contributed by atoms with van der Waals surface area (Å²) in [6.07, 6.45) is 3.24. The molecule has 0 aromatic heterocycles. The number of carbonyl (C=O) groups is 4. The predicted octanol–water partition coefficient (Wildman–Crippen LogP) is -3.28. The molecule has 13 heteroatoms. The molecule has 0 aliphatic rings. The molecule has 0 aliphatic heterocycles. The fourth-order valence-electron chi connectivity index (χ4n) is 2.36. The van der Waals surface area contributed by atoms with Gasteiger partial charge in [-0.1, -0.05) is 0 Å². The summed E-state index contributed by atoms with van der Waals surface area (Å²) in [6, 6.07) is -4.87. The number of nitrogens with two attached hydrogens (primary N) is 2. The van der Waals surface area contributed by atoms with E-state index < -0.39 is 61.1 Å². The van der Waals surface area contributed by atoms with Crippen molar-refractivity contribution in [3.63, 3.8) is 0 Å². The molecule has 30 heavy (non-hydrogen) atoms. The molecule has 0 aliphatic carbocycles. The van der Waals surface area contributed by atoms with Gasteiger partial charge in [-0.05, 0) is 44.2 Å². The Morgan fingerprint density at radius 3 is 1.93 bits per heavy atom. The summed E-state index contributed by atoms with van der Waals surface area (Å²) < 4.78 is 0. The Labute approximate surface area is 179 Å². The molecule has 4 atom stereocenters. The van der Waals surface area contributed by atoms with Crippen LogP contribution in [0, 0.1) is 0 Å². The van der Waals surface area contributed by atoms with E-state index in [0.717, 1.165) is 0 Å². The number of aliphatic hydroxyl groups excluding tert-OH is 2. The molecule has 0 aromatic carbocycles. The van der Waals surface area contributed by atoms with Crippen molar-refractivity contribution in [3.8, 4) is 0 Å². The Morgan fingerprint density at radius 1 is 0.867 bits per heavy atom. The quantitative estimate of drug-likeness (QED) is 0.109. The minimum atomic E-state index is -1.41. The summed E-state index contributed by atoms with van der Waals surface area (Å²) in [7, 11) is 0. The van der Waals surface area contributed by atoms with E-state index in [2.05, 4.69) is 16.0 Å². The van der Waals surface area contributed by atoms with Gasteiger partial charge in [-0.3, -0.25) is 14.4 Å². The molecule has 10 N–H and O–H groups in total. The van der Waals surface area contributed by atoms with Crippen LogP contribution in [0.3, 0.4) is 0 Å². The van der Waals surface area contributed by atoms with Crippen LogP contribution in [0.4, 0.5) is 0 Å². The number of carboxylic acid groups (broad SMARTS) is 1. The number of aliphatic hydroxyl groups is 2. The number of hydrogen-bond acceptors (Lipinski definition) is 9. The SMILES string of the molecule is CSCCC(NC(=O)C(CO)NC(=O)C(CCCCN)NC(=O)C(N)CO)C(=O)O. The van der Waals surface area contributed by atoms with Gasteiger partial charge in [0, 0.05) is 0 Å². The number of aliphatic carboxylic acids is 1. The van der Waals surface area contributed by atoms with Crippen LogP contribution in [0.1, 0.15) is 25.7 Å². The van der Waals surface area contributed by atoms with Crippen LogP contribution >= 0.6 is 11.8 Å². The number of carboxylic acids is 1. The van der Waals surface area contributed by atoms with E-state index in [4.69, 9.17) is 16.6 Å². The van der Waals surface area contributed by atoms with Crippen LogP contribution in [0.25, 0.3) is 0 Å². The number of thioether (sulfide) groups is 1. The first-order valence-electron chi connectivity index (χ1n) is 9.51. The fraction of sp³-hybridized carbons (Fsp3) is 0.765. The fourth-order valence-corrected chi connectivity index (χ4v) is 2.83. The minimum Gasteiger partial charge on any atom is -0.480 e. The van der Waals surface area contributed by atoms with E-state index in [9.17, 15) is 29.4 Å². The normalized spacial score (nSPS) is 14.8. The standard InChI is InChI=1S/C17H33N5O7S/c1-30-7-5-12(17(28)29)21-16(27)13(9-24)22-15(26)11(4-2-3-6-18)20-14(25)10(19)8-23/h10-13,23-24H,2-9,18-19H2,1H3,(H,20,25)(H,21,27)(H,22,26)(H,28,29). The van der Waals surface area contributed by atoms with E-state index in [1.165, 1.54) is 11.8 Å². The maximum Gasteiger partial charge on any atom is 0.326 e. The molecule has 0 heterocycles. The topological polar surface area (TPSA) is 217 Å². The zero-order chi connectivity index (χ0) is 23.1. The van der Waals surface area contributed by atoms with Crippen molar-refractivity contribution in [1.82, 2.24) is 16.0 Å². The number of amides is 3. The second kappa shape index (κ2) is 15.8. The lowest BCUT2D eigenvalue weighted by molar-refractivity contribution is -0.142. The van der Waals surface area contributed by atoms with Gasteiger partial charge >= 0.3 is 5.97 Å². The summed E-state index contributed by atoms with van der Waals surface area (Å²) in [4.78, 5) is 48.1. The molecule has 0 saturated heterocycles. The van der Waals surface area contributed by atoms with Crippen molar-refractivity contribution in [2.75, 3.05) is 31.8 Å². The smallest absolute Gasteiger partial charge is 0.326 e. The van der Waals surface area contributed by atoms with Crippen LogP contribution in [0.5, 0.6) is 0 Å². The summed E-state index contributed by atoms with van der Waals surface area (Å²) >= 11 is 1.41. The molecule has 0 aromatic rings. The first kappa shape index (κ1) is 28.1. The molecule has 3 amide bonds. The second-order valence-electron chi connectivity index (χ2n) is 6.56. The highest BCUT2D eigenvalue weighted by Gasteiger charge is 2.29. The highest BCUT2D eigenvalue weighted by atomic mass is 32.2. The van der Waals surface area contributed by atoms with Gasteiger partial charge < -0.3 is 42.7 Å². The van der Waals surface area contributed by atoms with E-state index in [-0.39, 0.29) is 12.8 Å². The number of nitrogens with one attached hydrogen (secondary N) is 3. The third kappa shape index (κ3) is 10.7. The lowest BCUT2D eigenvalue weighted by Crippen LogP contribution is -2.58. The zero-order valence-electron chi connectivity index (χ0n) is 17.0. The van der Waals surface area contributed by atoms with Gasteiger partial charge in [0.15, 0.2) is 0 Å². The molecule has 0 saturated carbocycles. The lowest BCUT2D eigenvalue weighted by Gasteiger charge is -2.24. The molecule has 12 nitrogen and oxygen atoms in total. The number of rotatable bonds is 16. The summed E-state index contributed by atoms with van der Waals surface area (Å²) in [5, 5.41) is 34.7. The third-order valence-corrected chi connectivity index (χ3v) is 4.80. The number of carbonyl (C=O) groups excluding carboxylic acids is 3. The molecule has 0 radical (unpaired) electrons. The van der Waals surface area contributed by atoms with Crippen LogP contribution in [0.15, 0.2) is 0 Å². The minimum absolute atomic E-state index is 0.172. The van der Waals surface area contributed by atoms with Gasteiger partial charge in [0.05, 0.1) is 13.2 Å². The highest BCUT2D eigenvalue weighted by molar-refractivity contribution is 7.98. The van der Waals surface area contributed by atoms with Crippen LogP contribution in [-0.2, 0) is 19.2 Å². The van der Waals surface area contributed by atoms with Gasteiger partial charge in [0.2, 0.25) is 17.7 Å². The Bertz CT molecular complexity index is 567. The second-order valence-corrected chi connectivity index (χ2v) is 7.54. The van der Waals surface area contributed by atoms with Crippen molar-refractivity contribution in [1.29, 1.82) is 0 Å². The van der Waals surface area contributed by atoms with Crippen molar-refractivity contribution in [2.24, 2.45) is 11.5 Å². The molecule has 0 spiro atoms. The van der Waals surface area contributed by atoms with E-state index in [1.54, 1.807) is 6.26 Å². The number of unbranched alkanes of at least 4 members (excludes halogenated alkanes) is 1. The van der Waals surface area contributed by atoms with Crippen molar-refractivity contribution in [3.05, 3.63) is 0 Å². The monoisotopic (exact) mass is 451 g/mol. The average molecular weight is 452 g/mol. The predicted molar refractivity (Wildman–Crippen MR) is 111 cm³/mol. The van der Waals surface area contributed by atoms with Crippen LogP contribution < -0.4 is 27.4 Å². The molecule has 0 rings (SSSR count). The largest absolute Gasteiger partial charge is 0.480 e. The number of hydrogen-bond donors (Lipinski definition) is 8. The van der Waals surface area contributed by atoms with Crippen molar-refractivity contribution >= 4 is 35.5 Å². The van der Waals surface area contributed by atoms with Gasteiger partial charge in [-0.25, -0.2) is 4.79 Å². The Balaban J connectivity index is 5.12. The van der Waals surface area contributed by atoms with Crippen LogP contribution in [0.2, 0.25) is 0 Å². The van der Waals surface area contributed by atoms with Gasteiger partial charge in [0.25, 0.3) is 0 Å². The highest BCUT2D eigenvalue weighted by Crippen LogP contribution is 2.04. The molecule has 0 fully saturated rings. The maximum atomic E-state index is 12.6. The van der Waals surface area contributed by atoms with Crippen molar-refractivity contribution < 1.29 is 34.5 Å². The molecule has 4 unspecified atom stereocenters. The Morgan fingerprint density at radius 2 is 1.43 bits per heavy atom. The van der Waals surface area contributed by atoms with Gasteiger partial charge in [-0.15, -0.1) is 0 Å². The summed E-state index contributed by atoms with van der Waals surface area (Å²) in [5.74, 6) is -3.11. The molecule has 0 bridgehead atoms. The molecular formula is C17H33N5O7S. The first-order chi connectivity index (χ1) is 14.2.